The molecule has 8 amide bonds. The van der Waals surface area contributed by atoms with Crippen molar-refractivity contribution in [2.24, 2.45) is 0 Å². The Kier molecular flexibility index (Phi) is 16.5. The van der Waals surface area contributed by atoms with Crippen molar-refractivity contribution >= 4 is 64.1 Å². The van der Waals surface area contributed by atoms with Crippen molar-refractivity contribution in [2.45, 2.75) is 109 Å². The summed E-state index contributed by atoms with van der Waals surface area (Å²) in [5.74, 6) is -5.22. The van der Waals surface area contributed by atoms with Crippen LogP contribution in [0.25, 0.3) is 22.3 Å². The first-order chi connectivity index (χ1) is 36.4. The van der Waals surface area contributed by atoms with Crippen molar-refractivity contribution in [1.29, 1.82) is 0 Å². The summed E-state index contributed by atoms with van der Waals surface area (Å²) in [5.41, 5.74) is 2.27. The number of hydrogen-bond acceptors (Lipinski definition) is 13. The molecule has 4 aliphatic rings. The minimum atomic E-state index is -2.04. The molecule has 5 heterocycles. The molecule has 1 aliphatic carbocycles. The molecule has 22 heteroatoms. The highest BCUT2D eigenvalue weighted by Crippen LogP contribution is 2.47. The van der Waals surface area contributed by atoms with E-state index in [1.807, 2.05) is 0 Å². The summed E-state index contributed by atoms with van der Waals surface area (Å²) in [6, 6.07) is 10.1. The summed E-state index contributed by atoms with van der Waals surface area (Å²) < 4.78 is 22.2. The zero-order valence-corrected chi connectivity index (χ0v) is 42.5. The number of unbranched alkanes of at least 4 members (excludes halogenated alkanes) is 2. The van der Waals surface area contributed by atoms with E-state index < -0.39 is 84.2 Å². The van der Waals surface area contributed by atoms with E-state index >= 15 is 4.39 Å². The Balaban J connectivity index is 0.818. The maximum atomic E-state index is 15.5. The van der Waals surface area contributed by atoms with Crippen LogP contribution in [0.3, 0.4) is 0 Å². The average Bonchev–Trinajstić information content (AvgIpc) is 3.95. The lowest BCUT2D eigenvalue weighted by atomic mass is 9.81. The van der Waals surface area contributed by atoms with Gasteiger partial charge in [0.05, 0.1) is 54.7 Å². The molecule has 4 aromatic rings. The Hall–Kier alpha value is -8.14. The van der Waals surface area contributed by atoms with Crippen molar-refractivity contribution < 1.29 is 57.4 Å². The fraction of sp³-hybridized carbons (Fsp3) is 0.426. The van der Waals surface area contributed by atoms with Gasteiger partial charge in [-0.25, -0.2) is 14.2 Å². The van der Waals surface area contributed by atoms with Gasteiger partial charge in [0, 0.05) is 74.1 Å². The van der Waals surface area contributed by atoms with Crippen LogP contribution in [-0.4, -0.2) is 123 Å². The zero-order chi connectivity index (χ0) is 54.4. The number of ether oxygens (including phenoxy) is 1. The maximum absolute atomic E-state index is 15.5. The van der Waals surface area contributed by atoms with Crippen LogP contribution in [0.15, 0.2) is 59.4 Å². The normalized spacial score (nSPS) is 17.3. The molecule has 3 atom stereocenters. The molecular weight excluding hydrogens is 986 g/mol. The smallest absolute Gasteiger partial charge is 0.343 e. The Morgan fingerprint density at radius 1 is 0.855 bits per heavy atom. The number of aliphatic hydroxyl groups is 1. The predicted octanol–water partition coefficient (Wildman–Crippen LogP) is 1.43. The van der Waals surface area contributed by atoms with E-state index in [0.717, 1.165) is 16.0 Å². The average molecular weight is 1050 g/mol. The van der Waals surface area contributed by atoms with Crippen LogP contribution in [0.5, 0.6) is 0 Å². The van der Waals surface area contributed by atoms with Crippen LogP contribution in [0.4, 0.5) is 4.39 Å². The first kappa shape index (κ1) is 54.1. The quantitative estimate of drug-likeness (QED) is 0.0326. The number of nitrogens with one attached hydrogen (secondary N) is 5. The molecule has 0 spiro atoms. The van der Waals surface area contributed by atoms with Crippen molar-refractivity contribution in [1.82, 2.24) is 45.9 Å². The van der Waals surface area contributed by atoms with Crippen LogP contribution in [0, 0.1) is 12.7 Å². The lowest BCUT2D eigenvalue weighted by Crippen LogP contribution is -2.52. The number of imide groups is 1. The minimum Gasteiger partial charge on any atom is -0.458 e. The monoisotopic (exact) mass is 1050 g/mol. The van der Waals surface area contributed by atoms with Gasteiger partial charge in [0.15, 0.2) is 5.60 Å². The third-order valence-corrected chi connectivity index (χ3v) is 14.5. The molecule has 0 unspecified atom stereocenters. The second-order valence-electron chi connectivity index (χ2n) is 19.4. The molecule has 76 heavy (non-hydrogen) atoms. The van der Waals surface area contributed by atoms with Gasteiger partial charge in [-0.05, 0) is 73.8 Å². The van der Waals surface area contributed by atoms with Gasteiger partial charge in [0.1, 0.15) is 18.5 Å². The Bertz CT molecular complexity index is 3120. The summed E-state index contributed by atoms with van der Waals surface area (Å²) in [4.78, 5) is 136. The minimum absolute atomic E-state index is 0.0303. The van der Waals surface area contributed by atoms with Crippen LogP contribution in [-0.2, 0) is 79.5 Å². The Labute approximate surface area is 436 Å². The van der Waals surface area contributed by atoms with Gasteiger partial charge in [-0.3, -0.25) is 48.1 Å². The van der Waals surface area contributed by atoms with Crippen LogP contribution < -0.4 is 32.1 Å². The first-order valence-electron chi connectivity index (χ1n) is 25.4. The lowest BCUT2D eigenvalue weighted by molar-refractivity contribution is -0.172. The van der Waals surface area contributed by atoms with E-state index in [1.54, 1.807) is 62.2 Å². The number of aromatic nitrogens is 2. The SMILES string of the molecule is CC[C@@]1(O)C(=O)OCc2c1cc1n(c2=O)Cc2c-1nc1cc(F)c(C)c3c1c2[C@@H](N(C)C(=O)CCCNC(=O)CNC(=O)[C@H](Cc1ccccc1)NC(=O)CNC(=O)CNC(=O)CCCCCN1C(=O)C=CC1=O)CC3. The van der Waals surface area contributed by atoms with E-state index in [-0.39, 0.29) is 87.2 Å². The fourth-order valence-corrected chi connectivity index (χ4v) is 10.3. The van der Waals surface area contributed by atoms with Gasteiger partial charge < -0.3 is 45.9 Å². The molecule has 8 rings (SSSR count). The fourth-order valence-electron chi connectivity index (χ4n) is 10.3. The molecule has 3 aliphatic heterocycles. The molecule has 0 radical (unpaired) electrons. The van der Waals surface area contributed by atoms with E-state index in [0.29, 0.717) is 71.1 Å². The van der Waals surface area contributed by atoms with Gasteiger partial charge >= 0.3 is 5.97 Å². The third-order valence-electron chi connectivity index (χ3n) is 14.5. The standard InChI is InChI=1S/C54H60FN9O12/c1-4-54(75)35-23-40-50-33(28-64(40)52(73)34(35)29-76-53(54)74)49-39(17-16-32-30(2)36(55)24-37(61-50)48(32)49)62(3)45(69)15-11-20-56-42(66)26-59-51(72)38(22-31-12-7-5-8-13-31)60-44(68)27-58-43(67)25-57-41(65)14-9-6-10-21-63-46(70)18-19-47(63)71/h5,7-8,12-13,18-19,23-24,38-39,75H,4,6,9-11,14-17,20-22,25-29H2,1-3H3,(H,56,66)(H,57,65)(H,58,67)(H,59,72)(H,60,68)/t38-,39-,54-/m0/s1. The second-order valence-corrected chi connectivity index (χ2v) is 19.4. The lowest BCUT2D eigenvalue weighted by Gasteiger charge is -2.35. The number of halogens is 1. The second kappa shape index (κ2) is 23.2. The van der Waals surface area contributed by atoms with Gasteiger partial charge in [-0.1, -0.05) is 43.7 Å². The number of fused-ring (bicyclic) bond motifs is 5. The van der Waals surface area contributed by atoms with E-state index in [1.165, 1.54) is 22.8 Å². The van der Waals surface area contributed by atoms with E-state index in [9.17, 15) is 53.1 Å². The highest BCUT2D eigenvalue weighted by Gasteiger charge is 2.46. The molecule has 2 aromatic carbocycles. The van der Waals surface area contributed by atoms with Crippen LogP contribution in [0.1, 0.15) is 103 Å². The molecule has 0 bridgehead atoms. The van der Waals surface area contributed by atoms with E-state index in [2.05, 4.69) is 26.6 Å². The number of amides is 8. The highest BCUT2D eigenvalue weighted by atomic mass is 19.1. The molecule has 0 saturated carbocycles. The topological polar surface area (TPSA) is 285 Å². The third kappa shape index (κ3) is 11.4. The number of nitrogens with zero attached hydrogens (tertiary/aromatic N) is 4. The summed E-state index contributed by atoms with van der Waals surface area (Å²) in [6.07, 6.45) is 5.29. The van der Waals surface area contributed by atoms with Crippen molar-refractivity contribution in [3.63, 3.8) is 0 Å². The molecular formula is C54H60FN9O12. The molecule has 6 N–H and O–H groups in total. The number of cyclic esters (lactones) is 1. The Morgan fingerprint density at radius 3 is 2.29 bits per heavy atom. The summed E-state index contributed by atoms with van der Waals surface area (Å²) in [7, 11) is 1.68. The predicted molar refractivity (Wildman–Crippen MR) is 271 cm³/mol. The highest BCUT2D eigenvalue weighted by molar-refractivity contribution is 6.12. The molecule has 0 saturated heterocycles. The van der Waals surface area contributed by atoms with Gasteiger partial charge in [0.2, 0.25) is 35.4 Å². The number of pyridine rings is 2. The maximum Gasteiger partial charge on any atom is 0.343 e. The first-order valence-corrected chi connectivity index (χ1v) is 25.4. The van der Waals surface area contributed by atoms with Crippen LogP contribution in [0.2, 0.25) is 0 Å². The number of rotatable bonds is 22. The van der Waals surface area contributed by atoms with Gasteiger partial charge in [0.25, 0.3) is 17.4 Å². The van der Waals surface area contributed by atoms with Crippen molar-refractivity contribution in [3.8, 4) is 11.4 Å². The van der Waals surface area contributed by atoms with Crippen molar-refractivity contribution in [2.75, 3.05) is 39.8 Å². The molecule has 400 valence electrons. The summed E-state index contributed by atoms with van der Waals surface area (Å²) in [5, 5.41) is 24.8. The zero-order valence-electron chi connectivity index (χ0n) is 42.5. The summed E-state index contributed by atoms with van der Waals surface area (Å²) >= 11 is 0. The van der Waals surface area contributed by atoms with E-state index in [4.69, 9.17) is 9.72 Å². The number of hydrogen-bond donors (Lipinski definition) is 6. The number of benzene rings is 2. The van der Waals surface area contributed by atoms with Crippen LogP contribution >= 0.6 is 0 Å². The number of carbonyl (C=O) groups excluding carboxylic acids is 9. The molecule has 21 nitrogen and oxygen atoms in total. The van der Waals surface area contributed by atoms with Gasteiger partial charge in [-0.2, -0.15) is 0 Å². The Morgan fingerprint density at radius 2 is 1.55 bits per heavy atom. The number of carbonyl (C=O) groups is 9. The molecule has 2 aromatic heterocycles. The largest absolute Gasteiger partial charge is 0.458 e. The number of esters is 1. The molecule has 0 fully saturated rings. The van der Waals surface area contributed by atoms with Crippen molar-refractivity contribution in [3.05, 3.63) is 110 Å². The van der Waals surface area contributed by atoms with Gasteiger partial charge in [-0.15, -0.1) is 0 Å². The number of aryl methyl sites for hydroxylation is 1. The summed E-state index contributed by atoms with van der Waals surface area (Å²) in [6.45, 7) is 2.09.